The zero-order valence-corrected chi connectivity index (χ0v) is 13.2. The summed E-state index contributed by atoms with van der Waals surface area (Å²) in [5.74, 6) is 0. The van der Waals surface area contributed by atoms with Crippen molar-refractivity contribution < 1.29 is 8.42 Å². The molecule has 9 heteroatoms. The molecule has 2 heterocycles. The third-order valence-corrected chi connectivity index (χ3v) is 5.32. The van der Waals surface area contributed by atoms with Gasteiger partial charge in [0.05, 0.1) is 17.7 Å². The lowest BCUT2D eigenvalue weighted by Crippen LogP contribution is -2.28. The number of H-pyrrole nitrogens is 1. The molecule has 2 rings (SSSR count). The Morgan fingerprint density at radius 2 is 2.25 bits per heavy atom. The molecule has 0 aromatic carbocycles. The van der Waals surface area contributed by atoms with Crippen LogP contribution in [0.2, 0.25) is 0 Å². The molecule has 0 saturated carbocycles. The summed E-state index contributed by atoms with van der Waals surface area (Å²) in [5, 5.41) is 11.5. The van der Waals surface area contributed by atoms with Crippen molar-refractivity contribution in [2.75, 3.05) is 14.1 Å². The molecule has 0 amide bonds. The molecule has 0 aliphatic rings. The van der Waals surface area contributed by atoms with Crippen molar-refractivity contribution in [1.29, 1.82) is 0 Å². The maximum absolute atomic E-state index is 12.6. The van der Waals surface area contributed by atoms with Crippen molar-refractivity contribution >= 4 is 21.4 Å². The van der Waals surface area contributed by atoms with E-state index in [1.54, 1.807) is 19.5 Å². The smallest absolute Gasteiger partial charge is 0.262 e. The van der Waals surface area contributed by atoms with Gasteiger partial charge in [0.15, 0.2) is 5.03 Å². The minimum atomic E-state index is -3.63. The number of hydrogen-bond acceptors (Lipinski definition) is 6. The van der Waals surface area contributed by atoms with Gasteiger partial charge in [0.1, 0.15) is 0 Å². The van der Waals surface area contributed by atoms with Crippen LogP contribution in [0.15, 0.2) is 15.9 Å². The van der Waals surface area contributed by atoms with Gasteiger partial charge in [-0.3, -0.25) is 5.10 Å². The van der Waals surface area contributed by atoms with Crippen molar-refractivity contribution in [2.45, 2.75) is 25.0 Å². The van der Waals surface area contributed by atoms with E-state index >= 15 is 0 Å². The van der Waals surface area contributed by atoms with Crippen molar-refractivity contribution in [3.63, 3.8) is 0 Å². The normalized spacial score (nSPS) is 12.2. The van der Waals surface area contributed by atoms with Crippen molar-refractivity contribution in [2.24, 2.45) is 0 Å². The standard InChI is InChI=1S/C11H17N5O2S2/c1-8-10(4-12-2)11(15-14-8)20(17,18)16(3)5-9-6-19-7-13-9/h6-7,12H,4-5H2,1-3H3,(H,14,15). The van der Waals surface area contributed by atoms with Crippen molar-refractivity contribution in [3.8, 4) is 0 Å². The van der Waals surface area contributed by atoms with Crippen molar-refractivity contribution in [3.05, 3.63) is 27.8 Å². The van der Waals surface area contributed by atoms with E-state index in [0.29, 0.717) is 12.1 Å². The molecule has 7 nitrogen and oxygen atoms in total. The fourth-order valence-corrected chi connectivity index (χ4v) is 3.65. The molecule has 0 fully saturated rings. The van der Waals surface area contributed by atoms with E-state index in [1.165, 1.54) is 22.7 Å². The van der Waals surface area contributed by atoms with Gasteiger partial charge in [-0.2, -0.15) is 9.40 Å². The third-order valence-electron chi connectivity index (χ3n) is 2.91. The van der Waals surface area contributed by atoms with Gasteiger partial charge in [-0.25, -0.2) is 13.4 Å². The van der Waals surface area contributed by atoms with E-state index in [0.717, 1.165) is 11.4 Å². The number of nitrogens with one attached hydrogen (secondary N) is 2. The monoisotopic (exact) mass is 315 g/mol. The number of nitrogens with zero attached hydrogens (tertiary/aromatic N) is 3. The van der Waals surface area contributed by atoms with Gasteiger partial charge in [0.25, 0.3) is 10.0 Å². The second-order valence-electron chi connectivity index (χ2n) is 4.40. The Morgan fingerprint density at radius 3 is 2.85 bits per heavy atom. The Labute approximate surface area is 122 Å². The second kappa shape index (κ2) is 6.00. The SMILES string of the molecule is CNCc1c(S(=O)(=O)N(C)Cc2cscn2)n[nH]c1C. The third kappa shape index (κ3) is 2.90. The average Bonchev–Trinajstić information content (AvgIpc) is 3.01. The predicted octanol–water partition coefficient (Wildman–Crippen LogP) is 0.715. The maximum atomic E-state index is 12.6. The Hall–Kier alpha value is -1.29. The first kappa shape index (κ1) is 15.1. The maximum Gasteiger partial charge on any atom is 0.262 e. The predicted molar refractivity (Wildman–Crippen MR) is 76.9 cm³/mol. The molecule has 0 spiro atoms. The first-order valence-corrected chi connectivity index (χ1v) is 8.37. The van der Waals surface area contributed by atoms with E-state index < -0.39 is 10.0 Å². The van der Waals surface area contributed by atoms with Crippen LogP contribution in [0, 0.1) is 6.92 Å². The Balaban J connectivity index is 2.30. The van der Waals surface area contributed by atoms with Crippen LogP contribution in [0.5, 0.6) is 0 Å². The van der Waals surface area contributed by atoms with Gasteiger partial charge in [0.2, 0.25) is 0 Å². The summed E-state index contributed by atoms with van der Waals surface area (Å²) < 4.78 is 26.4. The largest absolute Gasteiger partial charge is 0.316 e. The highest BCUT2D eigenvalue weighted by molar-refractivity contribution is 7.89. The molecule has 2 N–H and O–H groups in total. The van der Waals surface area contributed by atoms with Crippen LogP contribution in [0.4, 0.5) is 0 Å². The van der Waals surface area contributed by atoms with Crippen LogP contribution in [-0.2, 0) is 23.1 Å². The molecule has 2 aromatic heterocycles. The molecule has 110 valence electrons. The first-order valence-electron chi connectivity index (χ1n) is 5.98. The van der Waals surface area contributed by atoms with E-state index in [2.05, 4.69) is 20.5 Å². The zero-order valence-electron chi connectivity index (χ0n) is 11.5. The molecule has 20 heavy (non-hydrogen) atoms. The Morgan fingerprint density at radius 1 is 1.50 bits per heavy atom. The zero-order chi connectivity index (χ0) is 14.8. The van der Waals surface area contributed by atoms with Gasteiger partial charge < -0.3 is 5.32 Å². The van der Waals surface area contributed by atoms with Crippen LogP contribution in [0.1, 0.15) is 17.0 Å². The van der Waals surface area contributed by atoms with E-state index in [-0.39, 0.29) is 11.6 Å². The molecular weight excluding hydrogens is 298 g/mol. The molecule has 0 atom stereocenters. The highest BCUT2D eigenvalue weighted by Gasteiger charge is 2.28. The van der Waals surface area contributed by atoms with E-state index in [4.69, 9.17) is 0 Å². The summed E-state index contributed by atoms with van der Waals surface area (Å²) in [6.45, 7) is 2.48. The molecule has 0 aliphatic carbocycles. The number of rotatable bonds is 6. The average molecular weight is 315 g/mol. The van der Waals surface area contributed by atoms with Crippen LogP contribution < -0.4 is 5.32 Å². The number of aromatic amines is 1. The lowest BCUT2D eigenvalue weighted by molar-refractivity contribution is 0.459. The Kier molecular flexibility index (Phi) is 4.53. The molecule has 0 unspecified atom stereocenters. The lowest BCUT2D eigenvalue weighted by atomic mass is 10.3. The van der Waals surface area contributed by atoms with Gasteiger partial charge in [-0.1, -0.05) is 0 Å². The fraction of sp³-hybridized carbons (Fsp3) is 0.455. The molecule has 0 radical (unpaired) electrons. The van der Waals surface area contributed by atoms with Crippen LogP contribution >= 0.6 is 11.3 Å². The second-order valence-corrected chi connectivity index (χ2v) is 7.08. The van der Waals surface area contributed by atoms with Crippen molar-refractivity contribution in [1.82, 2.24) is 24.8 Å². The molecular formula is C11H17N5O2S2. The fourth-order valence-electron chi connectivity index (χ4n) is 1.80. The number of hydrogen-bond donors (Lipinski definition) is 2. The van der Waals surface area contributed by atoms with Gasteiger partial charge in [-0.05, 0) is 14.0 Å². The summed E-state index contributed by atoms with van der Waals surface area (Å²) >= 11 is 1.44. The highest BCUT2D eigenvalue weighted by Crippen LogP contribution is 2.20. The molecule has 2 aromatic rings. The number of thiazole rings is 1. The summed E-state index contributed by atoms with van der Waals surface area (Å²) in [5.41, 5.74) is 3.82. The summed E-state index contributed by atoms with van der Waals surface area (Å²) in [6, 6.07) is 0. The summed E-state index contributed by atoms with van der Waals surface area (Å²) in [7, 11) is -0.336. The minimum absolute atomic E-state index is 0.0714. The topological polar surface area (TPSA) is 91.0 Å². The van der Waals surface area contributed by atoms with E-state index in [1.807, 2.05) is 5.38 Å². The summed E-state index contributed by atoms with van der Waals surface area (Å²) in [4.78, 5) is 4.10. The van der Waals surface area contributed by atoms with Crippen LogP contribution in [-0.4, -0.2) is 42.0 Å². The van der Waals surface area contributed by atoms with Crippen LogP contribution in [0.3, 0.4) is 0 Å². The minimum Gasteiger partial charge on any atom is -0.316 e. The molecule has 0 aliphatic heterocycles. The Bertz CT molecular complexity index is 663. The lowest BCUT2D eigenvalue weighted by Gasteiger charge is -2.15. The summed E-state index contributed by atoms with van der Waals surface area (Å²) in [6.07, 6.45) is 0. The molecule has 0 saturated heterocycles. The number of sulfonamides is 1. The van der Waals surface area contributed by atoms with E-state index in [9.17, 15) is 8.42 Å². The number of aromatic nitrogens is 3. The van der Waals surface area contributed by atoms with Gasteiger partial charge in [0, 0.05) is 30.2 Å². The highest BCUT2D eigenvalue weighted by atomic mass is 32.2. The quantitative estimate of drug-likeness (QED) is 0.819. The van der Waals surface area contributed by atoms with Gasteiger partial charge in [-0.15, -0.1) is 11.3 Å². The molecule has 0 bridgehead atoms. The van der Waals surface area contributed by atoms with Gasteiger partial charge >= 0.3 is 0 Å². The number of aryl methyl sites for hydroxylation is 1. The van der Waals surface area contributed by atoms with Crippen LogP contribution in [0.25, 0.3) is 0 Å². The first-order chi connectivity index (χ1) is 9.46.